The van der Waals surface area contributed by atoms with E-state index in [1.165, 1.54) is 51.9 Å². The fourth-order valence-corrected chi connectivity index (χ4v) is 2.91. The van der Waals surface area contributed by atoms with Crippen LogP contribution >= 0.6 is 0 Å². The Kier molecular flexibility index (Phi) is 18.1. The maximum atomic E-state index is 11.6. The van der Waals surface area contributed by atoms with E-state index < -0.39 is 12.1 Å². The Morgan fingerprint density at radius 3 is 2.04 bits per heavy atom. The number of carbonyl (C=O) groups is 2. The molecule has 0 aliphatic rings. The van der Waals surface area contributed by atoms with Gasteiger partial charge in [-0.3, -0.25) is 9.59 Å². The number of hydrogen-bond acceptors (Lipinski definition) is 5. The molecule has 0 rings (SSSR count). The van der Waals surface area contributed by atoms with E-state index in [1.54, 1.807) is 0 Å². The predicted octanol–water partition coefficient (Wildman–Crippen LogP) is 5.35. The second-order valence-corrected chi connectivity index (χ2v) is 7.91. The summed E-state index contributed by atoms with van der Waals surface area (Å²) in [4.78, 5) is 22.4. The van der Waals surface area contributed by atoms with Gasteiger partial charge in [-0.25, -0.2) is 0 Å². The molecule has 0 aromatic carbocycles. The molecule has 0 spiro atoms. The first-order chi connectivity index (χ1) is 13.5. The van der Waals surface area contributed by atoms with E-state index in [9.17, 15) is 9.59 Å². The largest absolute Gasteiger partial charge is 0.462 e. The van der Waals surface area contributed by atoms with E-state index in [0.717, 1.165) is 31.6 Å². The SMILES string of the molecule is CC(=O)O[C@@H](CO)COC(=O)CCCCCCC/C=C\CCCCCC(C)C. The molecule has 0 saturated heterocycles. The summed E-state index contributed by atoms with van der Waals surface area (Å²) in [6, 6.07) is 0. The monoisotopic (exact) mass is 398 g/mol. The zero-order valence-corrected chi connectivity index (χ0v) is 18.3. The fraction of sp³-hybridized carbons (Fsp3) is 0.826. The van der Waals surface area contributed by atoms with Gasteiger partial charge >= 0.3 is 11.9 Å². The lowest BCUT2D eigenvalue weighted by Crippen LogP contribution is -2.27. The van der Waals surface area contributed by atoms with Crippen LogP contribution in [0.15, 0.2) is 12.2 Å². The van der Waals surface area contributed by atoms with Crippen molar-refractivity contribution in [3.8, 4) is 0 Å². The molecular formula is C23H42O5. The van der Waals surface area contributed by atoms with Crippen molar-refractivity contribution in [2.24, 2.45) is 5.92 Å². The Morgan fingerprint density at radius 1 is 0.893 bits per heavy atom. The van der Waals surface area contributed by atoms with Crippen LogP contribution in [0.4, 0.5) is 0 Å². The summed E-state index contributed by atoms with van der Waals surface area (Å²) in [5, 5.41) is 9.03. The standard InChI is InChI=1S/C23H42O5/c1-20(2)16-14-12-10-8-6-4-5-7-9-11-13-15-17-23(26)27-19-22(18-24)28-21(3)25/h4,6,20,22,24H,5,7-19H2,1-3H3/b6-4-/t22-/m0/s1. The van der Waals surface area contributed by atoms with Crippen LogP contribution in [0.2, 0.25) is 0 Å². The molecule has 164 valence electrons. The number of aliphatic hydroxyl groups excluding tert-OH is 1. The molecule has 0 aliphatic heterocycles. The lowest BCUT2D eigenvalue weighted by molar-refractivity contribution is -0.159. The molecule has 0 radical (unpaired) electrons. The van der Waals surface area contributed by atoms with E-state index in [4.69, 9.17) is 14.6 Å². The number of allylic oxidation sites excluding steroid dienone is 2. The van der Waals surface area contributed by atoms with Gasteiger partial charge in [0.15, 0.2) is 6.10 Å². The molecule has 1 atom stereocenters. The normalized spacial score (nSPS) is 12.5. The van der Waals surface area contributed by atoms with Gasteiger partial charge in [0, 0.05) is 13.3 Å². The highest BCUT2D eigenvalue weighted by Gasteiger charge is 2.13. The quantitative estimate of drug-likeness (QED) is 0.191. The first-order valence-corrected chi connectivity index (χ1v) is 11.0. The minimum Gasteiger partial charge on any atom is -0.462 e. The molecule has 0 heterocycles. The number of aliphatic hydroxyl groups is 1. The van der Waals surface area contributed by atoms with Gasteiger partial charge in [0.25, 0.3) is 0 Å². The lowest BCUT2D eigenvalue weighted by Gasteiger charge is -2.14. The molecule has 0 saturated carbocycles. The van der Waals surface area contributed by atoms with E-state index in [0.29, 0.717) is 6.42 Å². The van der Waals surface area contributed by atoms with Crippen LogP contribution in [0, 0.1) is 5.92 Å². The number of carbonyl (C=O) groups excluding carboxylic acids is 2. The summed E-state index contributed by atoms with van der Waals surface area (Å²) >= 11 is 0. The topological polar surface area (TPSA) is 72.8 Å². The first-order valence-electron chi connectivity index (χ1n) is 11.0. The number of rotatable bonds is 18. The third kappa shape index (κ3) is 19.4. The van der Waals surface area contributed by atoms with Crippen LogP contribution < -0.4 is 0 Å². The van der Waals surface area contributed by atoms with Crippen LogP contribution in [-0.2, 0) is 19.1 Å². The maximum Gasteiger partial charge on any atom is 0.305 e. The Hall–Kier alpha value is -1.36. The van der Waals surface area contributed by atoms with Gasteiger partial charge in [-0.2, -0.15) is 0 Å². The van der Waals surface area contributed by atoms with Gasteiger partial charge in [-0.05, 0) is 38.0 Å². The molecule has 0 aromatic rings. The van der Waals surface area contributed by atoms with Crippen molar-refractivity contribution < 1.29 is 24.2 Å². The minimum absolute atomic E-state index is 0.0844. The Labute approximate surface area is 171 Å². The van der Waals surface area contributed by atoms with Crippen molar-refractivity contribution in [3.05, 3.63) is 12.2 Å². The van der Waals surface area contributed by atoms with Crippen LogP contribution in [-0.4, -0.2) is 36.4 Å². The van der Waals surface area contributed by atoms with Gasteiger partial charge in [0.05, 0.1) is 6.61 Å². The third-order valence-corrected chi connectivity index (χ3v) is 4.54. The summed E-state index contributed by atoms with van der Waals surface area (Å²) < 4.78 is 9.84. The summed E-state index contributed by atoms with van der Waals surface area (Å²) in [6.07, 6.45) is 17.3. The Morgan fingerprint density at radius 2 is 1.46 bits per heavy atom. The molecule has 5 heteroatoms. The van der Waals surface area contributed by atoms with Crippen LogP contribution in [0.1, 0.15) is 97.8 Å². The Balaban J connectivity index is 3.41. The molecular weight excluding hydrogens is 356 g/mol. The van der Waals surface area contributed by atoms with Gasteiger partial charge in [0.1, 0.15) is 6.61 Å². The number of esters is 2. The molecule has 0 fully saturated rings. The molecule has 0 aliphatic carbocycles. The van der Waals surface area contributed by atoms with Crippen molar-refractivity contribution in [2.75, 3.05) is 13.2 Å². The van der Waals surface area contributed by atoms with Gasteiger partial charge in [-0.15, -0.1) is 0 Å². The second kappa shape index (κ2) is 19.0. The van der Waals surface area contributed by atoms with E-state index >= 15 is 0 Å². The highest BCUT2D eigenvalue weighted by Crippen LogP contribution is 2.11. The average molecular weight is 399 g/mol. The summed E-state index contributed by atoms with van der Waals surface area (Å²) in [6.45, 7) is 5.40. The number of ether oxygens (including phenoxy) is 2. The van der Waals surface area contributed by atoms with Crippen LogP contribution in [0.3, 0.4) is 0 Å². The van der Waals surface area contributed by atoms with Crippen molar-refractivity contribution in [2.45, 2.75) is 104 Å². The smallest absolute Gasteiger partial charge is 0.305 e. The zero-order chi connectivity index (χ0) is 21.0. The second-order valence-electron chi connectivity index (χ2n) is 7.91. The van der Waals surface area contributed by atoms with Gasteiger partial charge in [0.2, 0.25) is 0 Å². The maximum absolute atomic E-state index is 11.6. The average Bonchev–Trinajstić information content (AvgIpc) is 2.64. The Bertz CT molecular complexity index is 417. The van der Waals surface area contributed by atoms with Crippen LogP contribution in [0.25, 0.3) is 0 Å². The highest BCUT2D eigenvalue weighted by molar-refractivity contribution is 5.69. The molecule has 0 amide bonds. The van der Waals surface area contributed by atoms with Crippen molar-refractivity contribution >= 4 is 11.9 Å². The van der Waals surface area contributed by atoms with Gasteiger partial charge < -0.3 is 14.6 Å². The number of unbranched alkanes of at least 4 members (excludes halogenated alkanes) is 8. The third-order valence-electron chi connectivity index (χ3n) is 4.54. The van der Waals surface area contributed by atoms with E-state index in [2.05, 4.69) is 26.0 Å². The van der Waals surface area contributed by atoms with Crippen LogP contribution in [0.5, 0.6) is 0 Å². The van der Waals surface area contributed by atoms with Crippen molar-refractivity contribution in [1.29, 1.82) is 0 Å². The van der Waals surface area contributed by atoms with Gasteiger partial charge in [-0.1, -0.05) is 64.5 Å². The first kappa shape index (κ1) is 26.6. The zero-order valence-electron chi connectivity index (χ0n) is 18.3. The molecule has 0 unspecified atom stereocenters. The highest BCUT2D eigenvalue weighted by atomic mass is 16.6. The minimum atomic E-state index is -0.769. The molecule has 28 heavy (non-hydrogen) atoms. The molecule has 0 bridgehead atoms. The summed E-state index contributed by atoms with van der Waals surface area (Å²) in [7, 11) is 0. The summed E-state index contributed by atoms with van der Waals surface area (Å²) in [5.74, 6) is 0.0284. The fourth-order valence-electron chi connectivity index (χ4n) is 2.91. The van der Waals surface area contributed by atoms with Crippen molar-refractivity contribution in [3.63, 3.8) is 0 Å². The van der Waals surface area contributed by atoms with Crippen molar-refractivity contribution in [1.82, 2.24) is 0 Å². The summed E-state index contributed by atoms with van der Waals surface area (Å²) in [5.41, 5.74) is 0. The molecule has 1 N–H and O–H groups in total. The number of hydrogen-bond donors (Lipinski definition) is 1. The predicted molar refractivity (Wildman–Crippen MR) is 113 cm³/mol. The molecule has 0 aromatic heterocycles. The van der Waals surface area contributed by atoms with E-state index in [-0.39, 0.29) is 19.2 Å². The van der Waals surface area contributed by atoms with E-state index in [1.807, 2.05) is 0 Å². The lowest BCUT2D eigenvalue weighted by atomic mass is 10.0. The molecule has 5 nitrogen and oxygen atoms in total.